The predicted octanol–water partition coefficient (Wildman–Crippen LogP) is 3.03. The number of carbonyl (C=O) groups is 1. The standard InChI is InChI=1S/C12H22F3NO2/c1-3-4-5-6-7-8-9(11(17)18-2)10(16)12(13,14)15/h9-10H,3-8,16H2,1-2H3/t9-,10-/m1/s1. The van der Waals surface area contributed by atoms with Crippen LogP contribution in [0.15, 0.2) is 0 Å². The molecule has 2 atom stereocenters. The number of hydrogen-bond acceptors (Lipinski definition) is 3. The van der Waals surface area contributed by atoms with Crippen molar-refractivity contribution in [2.45, 2.75) is 57.7 Å². The molecule has 0 fully saturated rings. The van der Waals surface area contributed by atoms with Crippen molar-refractivity contribution in [3.63, 3.8) is 0 Å². The lowest BCUT2D eigenvalue weighted by Gasteiger charge is -2.23. The summed E-state index contributed by atoms with van der Waals surface area (Å²) in [7, 11) is 1.08. The van der Waals surface area contributed by atoms with Crippen LogP contribution in [0.1, 0.15) is 45.4 Å². The third kappa shape index (κ3) is 6.23. The highest BCUT2D eigenvalue weighted by atomic mass is 19.4. The molecule has 18 heavy (non-hydrogen) atoms. The zero-order chi connectivity index (χ0) is 14.2. The zero-order valence-electron chi connectivity index (χ0n) is 10.9. The highest BCUT2D eigenvalue weighted by Crippen LogP contribution is 2.28. The van der Waals surface area contributed by atoms with Gasteiger partial charge in [0.2, 0.25) is 0 Å². The summed E-state index contributed by atoms with van der Waals surface area (Å²) < 4.78 is 41.9. The number of nitrogens with two attached hydrogens (primary N) is 1. The maximum atomic E-state index is 12.5. The van der Waals surface area contributed by atoms with Gasteiger partial charge in [-0.3, -0.25) is 4.79 Å². The minimum Gasteiger partial charge on any atom is -0.469 e. The molecule has 0 amide bonds. The summed E-state index contributed by atoms with van der Waals surface area (Å²) in [5.74, 6) is -2.17. The lowest BCUT2D eigenvalue weighted by molar-refractivity contribution is -0.175. The van der Waals surface area contributed by atoms with Crippen LogP contribution in [0.25, 0.3) is 0 Å². The van der Waals surface area contributed by atoms with E-state index >= 15 is 0 Å². The number of unbranched alkanes of at least 4 members (excludes halogenated alkanes) is 4. The van der Waals surface area contributed by atoms with Gasteiger partial charge in [0.1, 0.15) is 6.04 Å². The molecular formula is C12H22F3NO2. The van der Waals surface area contributed by atoms with Gasteiger partial charge in [-0.25, -0.2) is 0 Å². The molecule has 2 N–H and O–H groups in total. The molecule has 6 heteroatoms. The maximum Gasteiger partial charge on any atom is 0.404 e. The summed E-state index contributed by atoms with van der Waals surface area (Å²) in [4.78, 5) is 11.3. The Morgan fingerprint density at radius 1 is 1.22 bits per heavy atom. The molecule has 0 rings (SSSR count). The molecule has 0 aliphatic heterocycles. The Hall–Kier alpha value is -0.780. The molecule has 0 saturated heterocycles. The first-order chi connectivity index (χ1) is 8.34. The third-order valence-electron chi connectivity index (χ3n) is 2.93. The van der Waals surface area contributed by atoms with Crippen molar-refractivity contribution in [1.29, 1.82) is 0 Å². The lowest BCUT2D eigenvalue weighted by atomic mass is 9.93. The van der Waals surface area contributed by atoms with Gasteiger partial charge in [0, 0.05) is 0 Å². The molecule has 0 aromatic rings. The summed E-state index contributed by atoms with van der Waals surface area (Å²) in [5.41, 5.74) is 5.09. The van der Waals surface area contributed by atoms with E-state index in [9.17, 15) is 18.0 Å². The van der Waals surface area contributed by atoms with E-state index in [0.29, 0.717) is 6.42 Å². The topological polar surface area (TPSA) is 52.3 Å². The number of ether oxygens (including phenoxy) is 1. The Kier molecular flexibility index (Phi) is 7.98. The number of methoxy groups -OCH3 is 1. The fraction of sp³-hybridized carbons (Fsp3) is 0.917. The number of alkyl halides is 3. The Labute approximate surface area is 106 Å². The fourth-order valence-electron chi connectivity index (χ4n) is 1.79. The van der Waals surface area contributed by atoms with E-state index < -0.39 is 24.1 Å². The van der Waals surface area contributed by atoms with E-state index in [1.165, 1.54) is 0 Å². The number of halogens is 3. The highest BCUT2D eigenvalue weighted by molar-refractivity contribution is 5.73. The second-order valence-electron chi connectivity index (χ2n) is 4.40. The van der Waals surface area contributed by atoms with Crippen molar-refractivity contribution >= 4 is 5.97 Å². The second kappa shape index (κ2) is 8.34. The van der Waals surface area contributed by atoms with Crippen molar-refractivity contribution in [2.75, 3.05) is 7.11 Å². The number of carbonyl (C=O) groups excluding carboxylic acids is 1. The smallest absolute Gasteiger partial charge is 0.404 e. The predicted molar refractivity (Wildman–Crippen MR) is 62.9 cm³/mol. The lowest BCUT2D eigenvalue weighted by Crippen LogP contribution is -2.47. The molecule has 0 aromatic heterocycles. The van der Waals surface area contributed by atoms with Crippen LogP contribution in [-0.4, -0.2) is 25.3 Å². The molecule has 0 spiro atoms. The van der Waals surface area contributed by atoms with E-state index in [1.807, 2.05) is 0 Å². The van der Waals surface area contributed by atoms with Crippen molar-refractivity contribution < 1.29 is 22.7 Å². The molecular weight excluding hydrogens is 247 g/mol. The Morgan fingerprint density at radius 2 is 1.78 bits per heavy atom. The number of hydrogen-bond donors (Lipinski definition) is 1. The van der Waals surface area contributed by atoms with Gasteiger partial charge in [-0.15, -0.1) is 0 Å². The molecule has 108 valence electrons. The summed E-state index contributed by atoms with van der Waals surface area (Å²) in [5, 5.41) is 0. The molecule has 0 radical (unpaired) electrons. The highest BCUT2D eigenvalue weighted by Gasteiger charge is 2.45. The quantitative estimate of drug-likeness (QED) is 0.544. The summed E-state index contributed by atoms with van der Waals surface area (Å²) in [6.07, 6.45) is -0.00282. The summed E-state index contributed by atoms with van der Waals surface area (Å²) >= 11 is 0. The van der Waals surface area contributed by atoms with Gasteiger partial charge in [-0.1, -0.05) is 39.0 Å². The molecule has 0 aromatic carbocycles. The summed E-state index contributed by atoms with van der Waals surface area (Å²) in [6, 6.07) is -2.14. The van der Waals surface area contributed by atoms with Gasteiger partial charge < -0.3 is 10.5 Å². The monoisotopic (exact) mass is 269 g/mol. The van der Waals surface area contributed by atoms with Crippen molar-refractivity contribution in [1.82, 2.24) is 0 Å². The Balaban J connectivity index is 4.29. The third-order valence-corrected chi connectivity index (χ3v) is 2.93. The van der Waals surface area contributed by atoms with Gasteiger partial charge in [-0.05, 0) is 6.42 Å². The zero-order valence-corrected chi connectivity index (χ0v) is 10.9. The van der Waals surface area contributed by atoms with E-state index in [2.05, 4.69) is 11.7 Å². The van der Waals surface area contributed by atoms with Gasteiger partial charge in [0.05, 0.1) is 13.0 Å². The SMILES string of the molecule is CCCCCCC[C@@H](C(=O)OC)[C@@H](N)C(F)(F)F. The van der Waals surface area contributed by atoms with E-state index in [0.717, 1.165) is 32.8 Å². The van der Waals surface area contributed by atoms with Crippen LogP contribution >= 0.6 is 0 Å². The van der Waals surface area contributed by atoms with Crippen LogP contribution in [-0.2, 0) is 9.53 Å². The van der Waals surface area contributed by atoms with Gasteiger partial charge in [-0.2, -0.15) is 13.2 Å². The molecule has 0 saturated carbocycles. The second-order valence-corrected chi connectivity index (χ2v) is 4.40. The van der Waals surface area contributed by atoms with Gasteiger partial charge in [0.25, 0.3) is 0 Å². The molecule has 0 aliphatic rings. The largest absolute Gasteiger partial charge is 0.469 e. The average Bonchev–Trinajstić information content (AvgIpc) is 2.31. The van der Waals surface area contributed by atoms with Crippen molar-refractivity contribution in [3.8, 4) is 0 Å². The normalized spacial score (nSPS) is 15.2. The average molecular weight is 269 g/mol. The minimum atomic E-state index is -4.57. The van der Waals surface area contributed by atoms with Crippen molar-refractivity contribution in [3.05, 3.63) is 0 Å². The van der Waals surface area contributed by atoms with Crippen LogP contribution < -0.4 is 5.73 Å². The first kappa shape index (κ1) is 17.2. The van der Waals surface area contributed by atoms with Crippen LogP contribution in [0.5, 0.6) is 0 Å². The molecule has 0 bridgehead atoms. The molecule has 3 nitrogen and oxygen atoms in total. The molecule has 0 heterocycles. The first-order valence-corrected chi connectivity index (χ1v) is 6.24. The number of esters is 1. The van der Waals surface area contributed by atoms with E-state index in [-0.39, 0.29) is 6.42 Å². The minimum absolute atomic E-state index is 0.122. The van der Waals surface area contributed by atoms with Crippen LogP contribution in [0.4, 0.5) is 13.2 Å². The Bertz CT molecular complexity index is 244. The maximum absolute atomic E-state index is 12.5. The van der Waals surface area contributed by atoms with Crippen LogP contribution in [0, 0.1) is 5.92 Å². The number of rotatable bonds is 8. The van der Waals surface area contributed by atoms with E-state index in [4.69, 9.17) is 5.73 Å². The van der Waals surface area contributed by atoms with Gasteiger partial charge >= 0.3 is 12.1 Å². The van der Waals surface area contributed by atoms with E-state index in [1.54, 1.807) is 0 Å². The molecule has 0 aliphatic carbocycles. The van der Waals surface area contributed by atoms with Crippen LogP contribution in [0.2, 0.25) is 0 Å². The Morgan fingerprint density at radius 3 is 2.22 bits per heavy atom. The summed E-state index contributed by atoms with van der Waals surface area (Å²) in [6.45, 7) is 2.05. The fourth-order valence-corrected chi connectivity index (χ4v) is 1.79. The first-order valence-electron chi connectivity index (χ1n) is 6.24. The van der Waals surface area contributed by atoms with Crippen molar-refractivity contribution in [2.24, 2.45) is 11.7 Å². The van der Waals surface area contributed by atoms with Gasteiger partial charge in [0.15, 0.2) is 0 Å². The van der Waals surface area contributed by atoms with Crippen LogP contribution in [0.3, 0.4) is 0 Å². The molecule has 0 unspecified atom stereocenters.